The quantitative estimate of drug-likeness (QED) is 0.399. The lowest BCUT2D eigenvalue weighted by Crippen LogP contribution is -1.97. The number of ether oxygens (including phenoxy) is 4. The van der Waals surface area contributed by atoms with Crippen LogP contribution in [0.25, 0.3) is 12.2 Å². The number of hydrogen-bond donors (Lipinski definition) is 0. The number of methoxy groups -OCH3 is 3. The fourth-order valence-corrected chi connectivity index (χ4v) is 2.45. The summed E-state index contributed by atoms with van der Waals surface area (Å²) < 4.78 is 21.2. The average Bonchev–Trinajstić information content (AvgIpc) is 2.66. The maximum atomic E-state index is 11.2. The molecular formula is C19H21NO6. The number of hydrogen-bond acceptors (Lipinski definition) is 6. The van der Waals surface area contributed by atoms with Crippen LogP contribution in [0.15, 0.2) is 30.3 Å². The molecule has 2 aromatic rings. The molecule has 7 nitrogen and oxygen atoms in total. The fraction of sp³-hybridized carbons (Fsp3) is 0.263. The van der Waals surface area contributed by atoms with Gasteiger partial charge in [0.05, 0.1) is 32.9 Å². The van der Waals surface area contributed by atoms with Gasteiger partial charge in [-0.25, -0.2) is 0 Å². The van der Waals surface area contributed by atoms with Gasteiger partial charge in [-0.1, -0.05) is 18.2 Å². The first-order valence-electron chi connectivity index (χ1n) is 7.93. The first-order valence-corrected chi connectivity index (χ1v) is 7.93. The third-order valence-corrected chi connectivity index (χ3v) is 3.63. The van der Waals surface area contributed by atoms with Crippen molar-refractivity contribution in [2.45, 2.75) is 6.92 Å². The predicted octanol–water partition coefficient (Wildman–Crippen LogP) is 4.19. The number of nitrogens with zero attached hydrogens (tertiary/aromatic N) is 1. The van der Waals surface area contributed by atoms with Crippen LogP contribution in [0.4, 0.5) is 5.69 Å². The monoisotopic (exact) mass is 359 g/mol. The Balaban J connectivity index is 2.37. The van der Waals surface area contributed by atoms with E-state index in [1.54, 1.807) is 51.5 Å². The van der Waals surface area contributed by atoms with E-state index >= 15 is 0 Å². The van der Waals surface area contributed by atoms with Crippen molar-refractivity contribution in [2.75, 3.05) is 27.9 Å². The van der Waals surface area contributed by atoms with Crippen molar-refractivity contribution < 1.29 is 23.9 Å². The summed E-state index contributed by atoms with van der Waals surface area (Å²) in [6.45, 7) is 2.14. The van der Waals surface area contributed by atoms with E-state index < -0.39 is 4.92 Å². The van der Waals surface area contributed by atoms with E-state index in [0.717, 1.165) is 5.56 Å². The first-order chi connectivity index (χ1) is 12.5. The van der Waals surface area contributed by atoms with Gasteiger partial charge in [0, 0.05) is 6.07 Å². The standard InChI is InChI=1S/C19H21NO6/c1-5-26-16-9-8-13(10-15(16)20(21)22)6-7-14-11-17(23-2)19(25-4)18(12-14)24-3/h6-12H,5H2,1-4H3/b7-6-. The zero-order valence-electron chi connectivity index (χ0n) is 15.1. The van der Waals surface area contributed by atoms with Crippen LogP contribution >= 0.6 is 0 Å². The van der Waals surface area contributed by atoms with Crippen LogP contribution in [0.5, 0.6) is 23.0 Å². The molecule has 0 spiro atoms. The number of nitro groups is 1. The van der Waals surface area contributed by atoms with Gasteiger partial charge in [0.1, 0.15) is 0 Å². The zero-order valence-corrected chi connectivity index (χ0v) is 15.1. The molecule has 0 aliphatic rings. The molecular weight excluding hydrogens is 338 g/mol. The second-order valence-corrected chi connectivity index (χ2v) is 5.21. The molecule has 0 N–H and O–H groups in total. The minimum Gasteiger partial charge on any atom is -0.493 e. The van der Waals surface area contributed by atoms with Gasteiger partial charge < -0.3 is 18.9 Å². The van der Waals surface area contributed by atoms with Crippen molar-refractivity contribution >= 4 is 17.8 Å². The molecule has 138 valence electrons. The van der Waals surface area contributed by atoms with Gasteiger partial charge in [-0.2, -0.15) is 0 Å². The van der Waals surface area contributed by atoms with E-state index in [9.17, 15) is 10.1 Å². The van der Waals surface area contributed by atoms with Crippen molar-refractivity contribution in [1.29, 1.82) is 0 Å². The highest BCUT2D eigenvalue weighted by Crippen LogP contribution is 2.38. The van der Waals surface area contributed by atoms with Crippen molar-refractivity contribution in [3.63, 3.8) is 0 Å². The predicted molar refractivity (Wildman–Crippen MR) is 99.3 cm³/mol. The lowest BCUT2D eigenvalue weighted by atomic mass is 10.1. The fourth-order valence-electron chi connectivity index (χ4n) is 2.45. The first kappa shape index (κ1) is 19.1. The molecule has 0 bridgehead atoms. The molecule has 0 saturated heterocycles. The highest BCUT2D eigenvalue weighted by molar-refractivity contribution is 5.74. The molecule has 0 radical (unpaired) electrons. The molecule has 0 unspecified atom stereocenters. The van der Waals surface area contributed by atoms with E-state index in [0.29, 0.717) is 29.4 Å². The highest BCUT2D eigenvalue weighted by Gasteiger charge is 2.15. The largest absolute Gasteiger partial charge is 0.493 e. The normalized spacial score (nSPS) is 10.6. The van der Waals surface area contributed by atoms with Crippen molar-refractivity contribution in [2.24, 2.45) is 0 Å². The van der Waals surface area contributed by atoms with Gasteiger partial charge in [-0.05, 0) is 36.2 Å². The second kappa shape index (κ2) is 8.75. The lowest BCUT2D eigenvalue weighted by Gasteiger charge is -2.12. The summed E-state index contributed by atoms with van der Waals surface area (Å²) in [6, 6.07) is 8.41. The Bertz CT molecular complexity index is 791. The Kier molecular flexibility index (Phi) is 6.43. The van der Waals surface area contributed by atoms with Crippen LogP contribution in [0, 0.1) is 10.1 Å². The smallest absolute Gasteiger partial charge is 0.311 e. The Hall–Kier alpha value is -3.22. The molecule has 7 heteroatoms. The van der Waals surface area contributed by atoms with Crippen molar-refractivity contribution in [3.05, 3.63) is 51.6 Å². The van der Waals surface area contributed by atoms with Crippen molar-refractivity contribution in [1.82, 2.24) is 0 Å². The highest BCUT2D eigenvalue weighted by atomic mass is 16.6. The Labute approximate surface area is 151 Å². The minimum absolute atomic E-state index is 0.0705. The molecule has 0 aliphatic carbocycles. The maximum Gasteiger partial charge on any atom is 0.311 e. The number of rotatable bonds is 8. The molecule has 0 heterocycles. The van der Waals surface area contributed by atoms with Crippen LogP contribution in [-0.2, 0) is 0 Å². The van der Waals surface area contributed by atoms with Crippen LogP contribution in [-0.4, -0.2) is 32.9 Å². The summed E-state index contributed by atoms with van der Waals surface area (Å²) in [6.07, 6.45) is 3.58. The van der Waals surface area contributed by atoms with Gasteiger partial charge in [0.15, 0.2) is 17.2 Å². The van der Waals surface area contributed by atoms with Crippen molar-refractivity contribution in [3.8, 4) is 23.0 Å². The summed E-state index contributed by atoms with van der Waals surface area (Å²) in [5.74, 6) is 1.82. The molecule has 2 rings (SSSR count). The van der Waals surface area contributed by atoms with Gasteiger partial charge >= 0.3 is 5.69 Å². The third-order valence-electron chi connectivity index (χ3n) is 3.63. The summed E-state index contributed by atoms with van der Waals surface area (Å²) in [5.41, 5.74) is 1.41. The SMILES string of the molecule is CCOc1ccc(/C=C\c2cc(OC)c(OC)c(OC)c2)cc1[N+](=O)[O-]. The number of nitro benzene ring substituents is 1. The topological polar surface area (TPSA) is 80.1 Å². The molecule has 0 saturated carbocycles. The van der Waals surface area contributed by atoms with Gasteiger partial charge in [-0.15, -0.1) is 0 Å². The summed E-state index contributed by atoms with van der Waals surface area (Å²) >= 11 is 0. The van der Waals surface area contributed by atoms with E-state index in [-0.39, 0.29) is 11.4 Å². The van der Waals surface area contributed by atoms with Crippen LogP contribution in [0.1, 0.15) is 18.1 Å². The van der Waals surface area contributed by atoms with E-state index in [1.807, 2.05) is 6.08 Å². The lowest BCUT2D eigenvalue weighted by molar-refractivity contribution is -0.385. The summed E-state index contributed by atoms with van der Waals surface area (Å²) in [4.78, 5) is 10.8. The zero-order chi connectivity index (χ0) is 19.1. The molecule has 0 aromatic heterocycles. The Morgan fingerprint density at radius 3 is 2.04 bits per heavy atom. The van der Waals surface area contributed by atoms with Crippen LogP contribution in [0.2, 0.25) is 0 Å². The van der Waals surface area contributed by atoms with Gasteiger partial charge in [0.25, 0.3) is 0 Å². The van der Waals surface area contributed by atoms with E-state index in [4.69, 9.17) is 18.9 Å². The maximum absolute atomic E-state index is 11.2. The third kappa shape index (κ3) is 4.24. The van der Waals surface area contributed by atoms with Crippen LogP contribution < -0.4 is 18.9 Å². The molecule has 0 atom stereocenters. The summed E-state index contributed by atoms with van der Waals surface area (Å²) in [5, 5.41) is 11.2. The Morgan fingerprint density at radius 1 is 0.923 bits per heavy atom. The van der Waals surface area contributed by atoms with Crippen LogP contribution in [0.3, 0.4) is 0 Å². The molecule has 2 aromatic carbocycles. The molecule has 26 heavy (non-hydrogen) atoms. The molecule has 0 amide bonds. The number of benzene rings is 2. The minimum atomic E-state index is -0.457. The summed E-state index contributed by atoms with van der Waals surface area (Å²) in [7, 11) is 4.62. The Morgan fingerprint density at radius 2 is 1.54 bits per heavy atom. The molecule has 0 fully saturated rings. The second-order valence-electron chi connectivity index (χ2n) is 5.21. The average molecular weight is 359 g/mol. The van der Waals surface area contributed by atoms with Gasteiger partial charge in [-0.3, -0.25) is 10.1 Å². The van der Waals surface area contributed by atoms with E-state index in [2.05, 4.69) is 0 Å². The van der Waals surface area contributed by atoms with Gasteiger partial charge in [0.2, 0.25) is 5.75 Å². The molecule has 0 aliphatic heterocycles. The van der Waals surface area contributed by atoms with E-state index in [1.165, 1.54) is 13.2 Å².